The van der Waals surface area contributed by atoms with Gasteiger partial charge in [0.25, 0.3) is 0 Å². The minimum Gasteiger partial charge on any atom is -0.342 e. The van der Waals surface area contributed by atoms with E-state index in [2.05, 4.69) is 18.7 Å². The van der Waals surface area contributed by atoms with Crippen molar-refractivity contribution in [3.05, 3.63) is 0 Å². The molecular formula is C16H31ClN2O. The molecule has 2 N–H and O–H groups in total. The molecule has 0 aromatic carbocycles. The van der Waals surface area contributed by atoms with E-state index < -0.39 is 0 Å². The van der Waals surface area contributed by atoms with Gasteiger partial charge in [0.2, 0.25) is 5.91 Å². The Morgan fingerprint density at radius 2 is 1.95 bits per heavy atom. The van der Waals surface area contributed by atoms with Crippen LogP contribution in [0.5, 0.6) is 0 Å². The quantitative estimate of drug-likeness (QED) is 0.850. The van der Waals surface area contributed by atoms with Crippen LogP contribution in [-0.4, -0.2) is 29.4 Å². The fourth-order valence-electron chi connectivity index (χ4n) is 3.78. The van der Waals surface area contributed by atoms with Gasteiger partial charge in [0.15, 0.2) is 0 Å². The van der Waals surface area contributed by atoms with Crippen LogP contribution in [0, 0.1) is 11.8 Å². The summed E-state index contributed by atoms with van der Waals surface area (Å²) in [5.41, 5.74) is 6.09. The standard InChI is InChI=1S/C16H30N2O.ClH/c1-3-13-7-6-11-18(12-9-13)15(19)14-8-4-5-10-16(14,2)17;/h13-14H,3-12,17H2,1-2H3;1H. The molecule has 0 bridgehead atoms. The van der Waals surface area contributed by atoms with Crippen molar-refractivity contribution in [2.24, 2.45) is 17.6 Å². The Morgan fingerprint density at radius 1 is 1.20 bits per heavy atom. The molecule has 3 unspecified atom stereocenters. The van der Waals surface area contributed by atoms with E-state index in [0.717, 1.165) is 44.7 Å². The second-order valence-electron chi connectivity index (χ2n) is 6.83. The van der Waals surface area contributed by atoms with Gasteiger partial charge in [-0.05, 0) is 44.9 Å². The Kier molecular flexibility index (Phi) is 6.80. The highest BCUT2D eigenvalue weighted by Gasteiger charge is 2.39. The van der Waals surface area contributed by atoms with Crippen LogP contribution in [0.2, 0.25) is 0 Å². The summed E-state index contributed by atoms with van der Waals surface area (Å²) >= 11 is 0. The van der Waals surface area contributed by atoms with Crippen LogP contribution in [0.15, 0.2) is 0 Å². The van der Waals surface area contributed by atoms with E-state index in [0.29, 0.717) is 5.91 Å². The average molecular weight is 303 g/mol. The molecule has 1 amide bonds. The molecule has 1 saturated carbocycles. The third-order valence-corrected chi connectivity index (χ3v) is 5.29. The maximum atomic E-state index is 12.8. The number of amides is 1. The number of halogens is 1. The number of rotatable bonds is 2. The van der Waals surface area contributed by atoms with Crippen molar-refractivity contribution in [1.29, 1.82) is 0 Å². The molecule has 3 atom stereocenters. The zero-order chi connectivity index (χ0) is 13.9. The van der Waals surface area contributed by atoms with Crippen LogP contribution in [-0.2, 0) is 4.79 Å². The maximum Gasteiger partial charge on any atom is 0.227 e. The summed E-state index contributed by atoms with van der Waals surface area (Å²) in [7, 11) is 0. The second-order valence-corrected chi connectivity index (χ2v) is 6.83. The molecule has 3 nitrogen and oxygen atoms in total. The van der Waals surface area contributed by atoms with Crippen molar-refractivity contribution < 1.29 is 4.79 Å². The van der Waals surface area contributed by atoms with Gasteiger partial charge in [-0.25, -0.2) is 0 Å². The van der Waals surface area contributed by atoms with Crippen molar-refractivity contribution in [2.45, 2.75) is 70.8 Å². The molecule has 0 aromatic heterocycles. The van der Waals surface area contributed by atoms with Crippen molar-refractivity contribution in [3.63, 3.8) is 0 Å². The van der Waals surface area contributed by atoms with Crippen molar-refractivity contribution >= 4 is 18.3 Å². The van der Waals surface area contributed by atoms with E-state index >= 15 is 0 Å². The monoisotopic (exact) mass is 302 g/mol. The first kappa shape index (κ1) is 17.8. The number of carbonyl (C=O) groups excluding carboxylic acids is 1. The summed E-state index contributed by atoms with van der Waals surface area (Å²) in [6.07, 6.45) is 9.19. The van der Waals surface area contributed by atoms with Crippen LogP contribution in [0.25, 0.3) is 0 Å². The van der Waals surface area contributed by atoms with E-state index in [-0.39, 0.29) is 23.9 Å². The van der Waals surface area contributed by atoms with Crippen LogP contribution in [0.3, 0.4) is 0 Å². The highest BCUT2D eigenvalue weighted by Crippen LogP contribution is 2.33. The van der Waals surface area contributed by atoms with E-state index in [9.17, 15) is 4.79 Å². The summed E-state index contributed by atoms with van der Waals surface area (Å²) in [5, 5.41) is 0. The molecule has 20 heavy (non-hydrogen) atoms. The van der Waals surface area contributed by atoms with Gasteiger partial charge in [-0.2, -0.15) is 0 Å². The molecule has 4 heteroatoms. The van der Waals surface area contributed by atoms with Crippen molar-refractivity contribution in [3.8, 4) is 0 Å². The lowest BCUT2D eigenvalue weighted by Crippen LogP contribution is -2.53. The van der Waals surface area contributed by atoms with Gasteiger partial charge < -0.3 is 10.6 Å². The van der Waals surface area contributed by atoms with Gasteiger partial charge in [-0.1, -0.05) is 26.2 Å². The summed E-state index contributed by atoms with van der Waals surface area (Å²) in [6.45, 7) is 6.23. The number of nitrogens with two attached hydrogens (primary N) is 1. The van der Waals surface area contributed by atoms with Gasteiger partial charge >= 0.3 is 0 Å². The number of nitrogens with zero attached hydrogens (tertiary/aromatic N) is 1. The van der Waals surface area contributed by atoms with Gasteiger partial charge in [0.1, 0.15) is 0 Å². The van der Waals surface area contributed by atoms with E-state index in [4.69, 9.17) is 5.73 Å². The van der Waals surface area contributed by atoms with E-state index in [1.54, 1.807) is 0 Å². The molecule has 1 aliphatic carbocycles. The number of likely N-dealkylation sites (tertiary alicyclic amines) is 1. The fourth-order valence-corrected chi connectivity index (χ4v) is 3.78. The van der Waals surface area contributed by atoms with Gasteiger partial charge in [0.05, 0.1) is 5.92 Å². The number of hydrogen-bond donors (Lipinski definition) is 1. The third kappa shape index (κ3) is 4.11. The van der Waals surface area contributed by atoms with Gasteiger partial charge in [-0.15, -0.1) is 12.4 Å². The van der Waals surface area contributed by atoms with Crippen LogP contribution >= 0.6 is 12.4 Å². The Labute approximate surface area is 130 Å². The van der Waals surface area contributed by atoms with Crippen LogP contribution in [0.1, 0.15) is 65.2 Å². The molecule has 1 saturated heterocycles. The van der Waals surface area contributed by atoms with Crippen molar-refractivity contribution in [1.82, 2.24) is 4.90 Å². The second kappa shape index (κ2) is 7.65. The average Bonchev–Trinajstić information content (AvgIpc) is 2.62. The first-order valence-corrected chi connectivity index (χ1v) is 8.12. The minimum absolute atomic E-state index is 0. The van der Waals surface area contributed by atoms with Crippen LogP contribution < -0.4 is 5.73 Å². The zero-order valence-corrected chi connectivity index (χ0v) is 13.9. The third-order valence-electron chi connectivity index (χ3n) is 5.29. The first-order chi connectivity index (χ1) is 9.04. The lowest BCUT2D eigenvalue weighted by Gasteiger charge is -2.39. The molecule has 0 aromatic rings. The molecule has 118 valence electrons. The summed E-state index contributed by atoms with van der Waals surface area (Å²) < 4.78 is 0. The van der Waals surface area contributed by atoms with E-state index in [1.807, 2.05) is 0 Å². The van der Waals surface area contributed by atoms with Crippen LogP contribution in [0.4, 0.5) is 0 Å². The molecule has 1 heterocycles. The largest absolute Gasteiger partial charge is 0.342 e. The lowest BCUT2D eigenvalue weighted by atomic mass is 9.74. The summed E-state index contributed by atoms with van der Waals surface area (Å²) in [5.74, 6) is 1.20. The molecule has 0 radical (unpaired) electrons. The van der Waals surface area contributed by atoms with Crippen molar-refractivity contribution in [2.75, 3.05) is 13.1 Å². The smallest absolute Gasteiger partial charge is 0.227 e. The lowest BCUT2D eigenvalue weighted by molar-refractivity contribution is -0.138. The predicted molar refractivity (Wildman–Crippen MR) is 86.0 cm³/mol. The fraction of sp³-hybridized carbons (Fsp3) is 0.938. The SMILES string of the molecule is CCC1CCCN(C(=O)C2CCCCC2(C)N)CC1.Cl. The predicted octanol–water partition coefficient (Wildman–Crippen LogP) is 3.35. The molecular weight excluding hydrogens is 272 g/mol. The number of hydrogen-bond acceptors (Lipinski definition) is 2. The Morgan fingerprint density at radius 3 is 2.60 bits per heavy atom. The Hall–Kier alpha value is -0.280. The minimum atomic E-state index is -0.286. The Bertz CT molecular complexity index is 320. The molecule has 1 aliphatic heterocycles. The Balaban J connectivity index is 0.00000200. The number of carbonyl (C=O) groups is 1. The highest BCUT2D eigenvalue weighted by molar-refractivity contribution is 5.85. The summed E-state index contributed by atoms with van der Waals surface area (Å²) in [6, 6.07) is 0. The van der Waals surface area contributed by atoms with Gasteiger partial charge in [-0.3, -0.25) is 4.79 Å². The molecule has 0 spiro atoms. The summed E-state index contributed by atoms with van der Waals surface area (Å²) in [4.78, 5) is 14.9. The highest BCUT2D eigenvalue weighted by atomic mass is 35.5. The van der Waals surface area contributed by atoms with E-state index in [1.165, 1.54) is 25.7 Å². The molecule has 2 aliphatic rings. The zero-order valence-electron chi connectivity index (χ0n) is 13.1. The normalized spacial score (nSPS) is 35.0. The van der Waals surface area contributed by atoms with Gasteiger partial charge in [0, 0.05) is 18.6 Å². The topological polar surface area (TPSA) is 46.3 Å². The first-order valence-electron chi connectivity index (χ1n) is 8.12. The molecule has 2 fully saturated rings. The molecule has 2 rings (SSSR count). The maximum absolute atomic E-state index is 12.8.